The van der Waals surface area contributed by atoms with E-state index in [-0.39, 0.29) is 18.0 Å². The highest BCUT2D eigenvalue weighted by atomic mass is 79.9. The molecule has 1 heterocycles. The molecule has 2 rings (SSSR count). The number of aromatic nitrogens is 1. The minimum Gasteiger partial charge on any atom is -0.484 e. The molecule has 0 fully saturated rings. The van der Waals surface area contributed by atoms with Gasteiger partial charge in [0.2, 0.25) is 0 Å². The van der Waals surface area contributed by atoms with Crippen LogP contribution in [0.1, 0.15) is 18.6 Å². The summed E-state index contributed by atoms with van der Waals surface area (Å²) in [6, 6.07) is 8.03. The predicted molar refractivity (Wildman–Crippen MR) is 75.4 cm³/mol. The van der Waals surface area contributed by atoms with E-state index in [1.165, 1.54) is 6.07 Å². The molecule has 2 unspecified atom stereocenters. The second kappa shape index (κ2) is 6.12. The fourth-order valence-electron chi connectivity index (χ4n) is 1.73. The van der Waals surface area contributed by atoms with E-state index in [1.807, 2.05) is 19.1 Å². The molecule has 0 amide bonds. The van der Waals surface area contributed by atoms with Crippen LogP contribution in [0.2, 0.25) is 0 Å². The molecule has 0 aliphatic heterocycles. The zero-order chi connectivity index (χ0) is 13.8. The number of rotatable bonds is 4. The highest BCUT2D eigenvalue weighted by molar-refractivity contribution is 9.10. The van der Waals surface area contributed by atoms with Crippen molar-refractivity contribution in [2.45, 2.75) is 19.1 Å². The Labute approximate surface area is 119 Å². The monoisotopic (exact) mass is 324 g/mol. The normalized spacial score (nSPS) is 13.9. The van der Waals surface area contributed by atoms with E-state index in [9.17, 15) is 4.39 Å². The number of hydrogen-bond acceptors (Lipinski definition) is 3. The minimum atomic E-state index is -0.325. The zero-order valence-corrected chi connectivity index (χ0v) is 12.0. The third-order valence-electron chi connectivity index (χ3n) is 2.67. The lowest BCUT2D eigenvalue weighted by atomic mass is 10.1. The topological polar surface area (TPSA) is 48.1 Å². The number of halogens is 2. The SMILES string of the molecule is CC(N)C(Oc1ccc(F)c(Br)c1)c1ccncc1. The Hall–Kier alpha value is -1.46. The van der Waals surface area contributed by atoms with Crippen molar-refractivity contribution in [1.82, 2.24) is 4.98 Å². The molecule has 5 heteroatoms. The zero-order valence-electron chi connectivity index (χ0n) is 10.4. The predicted octanol–water partition coefficient (Wildman–Crippen LogP) is 3.45. The van der Waals surface area contributed by atoms with Gasteiger partial charge in [0.05, 0.1) is 4.47 Å². The van der Waals surface area contributed by atoms with E-state index in [2.05, 4.69) is 20.9 Å². The fraction of sp³-hybridized carbons (Fsp3) is 0.214. The highest BCUT2D eigenvalue weighted by Gasteiger charge is 2.18. The molecule has 100 valence electrons. The summed E-state index contributed by atoms with van der Waals surface area (Å²) in [5, 5.41) is 0. The standard InChI is InChI=1S/C14H14BrFN2O/c1-9(17)14(10-4-6-18-7-5-10)19-11-2-3-13(16)12(15)8-11/h2-9,14H,17H2,1H3. The molecular formula is C14H14BrFN2O. The lowest BCUT2D eigenvalue weighted by Crippen LogP contribution is -2.29. The molecule has 2 aromatic rings. The van der Waals surface area contributed by atoms with Gasteiger partial charge in [-0.05, 0) is 58.7 Å². The molecule has 0 radical (unpaired) electrons. The lowest BCUT2D eigenvalue weighted by Gasteiger charge is -2.23. The maximum absolute atomic E-state index is 13.2. The Morgan fingerprint density at radius 1 is 1.26 bits per heavy atom. The van der Waals surface area contributed by atoms with Crippen LogP contribution in [-0.2, 0) is 0 Å². The summed E-state index contributed by atoms with van der Waals surface area (Å²) < 4.78 is 19.4. The van der Waals surface area contributed by atoms with E-state index in [0.717, 1.165) is 5.56 Å². The van der Waals surface area contributed by atoms with Crippen LogP contribution in [0.15, 0.2) is 47.2 Å². The van der Waals surface area contributed by atoms with Gasteiger partial charge in [0.1, 0.15) is 17.7 Å². The summed E-state index contributed by atoms with van der Waals surface area (Å²) in [5.74, 6) is 0.237. The molecule has 2 N–H and O–H groups in total. The lowest BCUT2D eigenvalue weighted by molar-refractivity contribution is 0.180. The van der Waals surface area contributed by atoms with Crippen molar-refractivity contribution >= 4 is 15.9 Å². The number of hydrogen-bond donors (Lipinski definition) is 1. The van der Waals surface area contributed by atoms with Crippen LogP contribution in [-0.4, -0.2) is 11.0 Å². The first-order chi connectivity index (χ1) is 9.08. The molecular weight excluding hydrogens is 311 g/mol. The molecule has 3 nitrogen and oxygen atoms in total. The molecule has 0 aliphatic carbocycles. The molecule has 0 saturated heterocycles. The van der Waals surface area contributed by atoms with Crippen LogP contribution in [0.25, 0.3) is 0 Å². The van der Waals surface area contributed by atoms with Gasteiger partial charge in [-0.1, -0.05) is 0 Å². The Morgan fingerprint density at radius 2 is 1.95 bits per heavy atom. The van der Waals surface area contributed by atoms with Gasteiger partial charge < -0.3 is 10.5 Å². The Morgan fingerprint density at radius 3 is 2.53 bits per heavy atom. The second-order valence-electron chi connectivity index (χ2n) is 4.25. The first-order valence-electron chi connectivity index (χ1n) is 5.85. The third kappa shape index (κ3) is 3.52. The smallest absolute Gasteiger partial charge is 0.139 e. The number of pyridine rings is 1. The van der Waals surface area contributed by atoms with Crippen LogP contribution < -0.4 is 10.5 Å². The average molecular weight is 325 g/mol. The van der Waals surface area contributed by atoms with Gasteiger partial charge in [0.25, 0.3) is 0 Å². The first kappa shape index (κ1) is 14.0. The summed E-state index contributed by atoms with van der Waals surface area (Å²) in [6.07, 6.45) is 3.07. The molecule has 1 aromatic heterocycles. The maximum atomic E-state index is 13.2. The van der Waals surface area contributed by atoms with Crippen LogP contribution >= 0.6 is 15.9 Å². The van der Waals surface area contributed by atoms with E-state index in [0.29, 0.717) is 10.2 Å². The van der Waals surface area contributed by atoms with Gasteiger partial charge in [-0.25, -0.2) is 4.39 Å². The van der Waals surface area contributed by atoms with Gasteiger partial charge in [-0.2, -0.15) is 0 Å². The number of benzene rings is 1. The van der Waals surface area contributed by atoms with Crippen molar-refractivity contribution in [3.8, 4) is 5.75 Å². The van der Waals surface area contributed by atoms with Crippen molar-refractivity contribution in [3.63, 3.8) is 0 Å². The van der Waals surface area contributed by atoms with Crippen LogP contribution in [0.4, 0.5) is 4.39 Å². The van der Waals surface area contributed by atoms with Crippen LogP contribution in [0, 0.1) is 5.82 Å². The van der Waals surface area contributed by atoms with E-state index >= 15 is 0 Å². The highest BCUT2D eigenvalue weighted by Crippen LogP contribution is 2.27. The van der Waals surface area contributed by atoms with Gasteiger partial charge in [0.15, 0.2) is 0 Å². The number of nitrogens with zero attached hydrogens (tertiary/aromatic N) is 1. The number of ether oxygens (including phenoxy) is 1. The van der Waals surface area contributed by atoms with Gasteiger partial charge in [-0.15, -0.1) is 0 Å². The van der Waals surface area contributed by atoms with E-state index < -0.39 is 0 Å². The maximum Gasteiger partial charge on any atom is 0.139 e. The Bertz CT molecular complexity index is 548. The van der Waals surface area contributed by atoms with Crippen LogP contribution in [0.3, 0.4) is 0 Å². The Balaban J connectivity index is 2.24. The summed E-state index contributed by atoms with van der Waals surface area (Å²) >= 11 is 3.13. The second-order valence-corrected chi connectivity index (χ2v) is 5.11. The first-order valence-corrected chi connectivity index (χ1v) is 6.64. The van der Waals surface area contributed by atoms with Crippen molar-refractivity contribution < 1.29 is 9.13 Å². The fourth-order valence-corrected chi connectivity index (χ4v) is 2.09. The molecule has 0 bridgehead atoms. The molecule has 2 atom stereocenters. The van der Waals surface area contributed by atoms with E-state index in [4.69, 9.17) is 10.5 Å². The molecule has 0 aliphatic rings. The summed E-state index contributed by atoms with van der Waals surface area (Å²) in [4.78, 5) is 3.97. The van der Waals surface area contributed by atoms with Crippen molar-refractivity contribution in [1.29, 1.82) is 0 Å². The summed E-state index contributed by atoms with van der Waals surface area (Å²) in [5.41, 5.74) is 6.89. The average Bonchev–Trinajstić information content (AvgIpc) is 2.40. The van der Waals surface area contributed by atoms with Gasteiger partial charge in [0, 0.05) is 18.4 Å². The largest absolute Gasteiger partial charge is 0.484 e. The van der Waals surface area contributed by atoms with Gasteiger partial charge in [-0.3, -0.25) is 4.98 Å². The number of nitrogens with two attached hydrogens (primary N) is 1. The molecule has 19 heavy (non-hydrogen) atoms. The molecule has 0 spiro atoms. The summed E-state index contributed by atoms with van der Waals surface area (Å²) in [6.45, 7) is 1.86. The van der Waals surface area contributed by atoms with Gasteiger partial charge >= 0.3 is 0 Å². The quantitative estimate of drug-likeness (QED) is 0.937. The van der Waals surface area contributed by atoms with Crippen LogP contribution in [0.5, 0.6) is 5.75 Å². The third-order valence-corrected chi connectivity index (χ3v) is 3.27. The molecule has 0 saturated carbocycles. The van der Waals surface area contributed by atoms with E-state index in [1.54, 1.807) is 24.5 Å². The summed E-state index contributed by atoms with van der Waals surface area (Å²) in [7, 11) is 0. The Kier molecular flexibility index (Phi) is 4.50. The van der Waals surface area contributed by atoms with Crippen molar-refractivity contribution in [3.05, 3.63) is 58.6 Å². The minimum absolute atomic E-state index is 0.203. The van der Waals surface area contributed by atoms with Crippen molar-refractivity contribution in [2.75, 3.05) is 0 Å². The molecule has 1 aromatic carbocycles. The van der Waals surface area contributed by atoms with Crippen molar-refractivity contribution in [2.24, 2.45) is 5.73 Å².